The van der Waals surface area contributed by atoms with Crippen molar-refractivity contribution in [2.24, 2.45) is 0 Å². The number of H-pyrrole nitrogens is 1. The Bertz CT molecular complexity index is 411. The van der Waals surface area contributed by atoms with Gasteiger partial charge in [-0.25, -0.2) is 4.98 Å². The molecule has 14 heavy (non-hydrogen) atoms. The molecule has 5 heteroatoms. The molecule has 1 N–H and O–H groups in total. The summed E-state index contributed by atoms with van der Waals surface area (Å²) in [4.78, 5) is 7.12. The second-order valence-electron chi connectivity index (χ2n) is 2.72. The van der Waals surface area contributed by atoms with Crippen LogP contribution in [0.4, 0.5) is 5.82 Å². The first-order chi connectivity index (χ1) is 6.77. The van der Waals surface area contributed by atoms with Crippen LogP contribution in [0.15, 0.2) is 36.5 Å². The van der Waals surface area contributed by atoms with Crippen molar-refractivity contribution < 1.29 is 0 Å². The van der Waals surface area contributed by atoms with Crippen LogP contribution in [0, 0.1) is 0 Å². The normalized spacial score (nSPS) is 10.1. The maximum absolute atomic E-state index is 5.53. The molecule has 0 aliphatic heterocycles. The van der Waals surface area contributed by atoms with E-state index in [0.717, 1.165) is 15.3 Å². The predicted octanol–water partition coefficient (Wildman–Crippen LogP) is 3.19. The highest BCUT2D eigenvalue weighted by Gasteiger charge is 2.05. The van der Waals surface area contributed by atoms with E-state index in [1.807, 2.05) is 30.3 Å². The molecule has 0 aliphatic carbocycles. The molecule has 0 fully saturated rings. The number of nitrogens with zero attached hydrogens (tertiary/aromatic N) is 2. The summed E-state index contributed by atoms with van der Waals surface area (Å²) in [6.07, 6.45) is 1.57. The van der Waals surface area contributed by atoms with Crippen molar-refractivity contribution in [3.05, 3.63) is 36.5 Å². The lowest BCUT2D eigenvalue weighted by Crippen LogP contribution is -1.91. The van der Waals surface area contributed by atoms with E-state index < -0.39 is 0 Å². The first-order valence-electron chi connectivity index (χ1n) is 3.99. The molecule has 0 aliphatic rings. The third kappa shape index (κ3) is 1.84. The fourth-order valence-corrected chi connectivity index (χ4v) is 1.31. The Morgan fingerprint density at radius 3 is 2.43 bits per heavy atom. The lowest BCUT2D eigenvalue weighted by Gasteiger charge is -1.99. The van der Waals surface area contributed by atoms with E-state index in [1.165, 1.54) is 0 Å². The van der Waals surface area contributed by atoms with Crippen LogP contribution >= 0.6 is 23.6 Å². The second kappa shape index (κ2) is 3.90. The summed E-state index contributed by atoms with van der Waals surface area (Å²) in [6.45, 7) is 0. The van der Waals surface area contributed by atoms with E-state index in [4.69, 9.17) is 23.6 Å². The Hall–Kier alpha value is -1.19. The largest absolute Gasteiger partial charge is 0.323 e. The summed E-state index contributed by atoms with van der Waals surface area (Å²) in [5.74, 6) is 1.29. The second-order valence-corrected chi connectivity index (χ2v) is 3.57. The number of rotatable bonds is 2. The van der Waals surface area contributed by atoms with E-state index >= 15 is 0 Å². The molecule has 1 heterocycles. The average molecular weight is 228 g/mol. The van der Waals surface area contributed by atoms with Gasteiger partial charge in [0.2, 0.25) is 0 Å². The number of aromatic amines is 1. The maximum atomic E-state index is 5.53. The van der Waals surface area contributed by atoms with Gasteiger partial charge >= 0.3 is 0 Å². The lowest BCUT2D eigenvalue weighted by molar-refractivity contribution is 1.30. The molecular weight excluding hydrogens is 221 g/mol. The fourth-order valence-electron chi connectivity index (χ4n) is 1.14. The molecule has 0 saturated carbocycles. The molecule has 1 aromatic carbocycles. The highest BCUT2D eigenvalue weighted by Crippen LogP contribution is 2.21. The number of hydrogen-bond donors (Lipinski definition) is 1. The van der Waals surface area contributed by atoms with E-state index in [9.17, 15) is 0 Å². The van der Waals surface area contributed by atoms with Crippen molar-refractivity contribution in [2.45, 2.75) is 0 Å². The molecule has 0 bridgehead atoms. The average Bonchev–Trinajstić information content (AvgIpc) is 2.68. The number of aromatic nitrogens is 2. The zero-order chi connectivity index (χ0) is 9.97. The van der Waals surface area contributed by atoms with E-state index in [1.54, 1.807) is 6.20 Å². The first-order valence-corrected chi connectivity index (χ1v) is 4.67. The quantitative estimate of drug-likeness (QED) is 0.800. The van der Waals surface area contributed by atoms with Gasteiger partial charge in [0, 0.05) is 29.1 Å². The Kier molecular flexibility index (Phi) is 2.61. The minimum absolute atomic E-state index is 0.548. The zero-order valence-electron chi connectivity index (χ0n) is 7.11. The van der Waals surface area contributed by atoms with Gasteiger partial charge < -0.3 is 4.98 Å². The Balaban J connectivity index is 2.34. The highest BCUT2D eigenvalue weighted by atomic mass is 35.5. The summed E-state index contributed by atoms with van der Waals surface area (Å²) < 4.78 is 0.944. The molecule has 3 nitrogen and oxygen atoms in total. The number of nitrogens with one attached hydrogen (secondary N) is 1. The number of benzene rings is 1. The topological polar surface area (TPSA) is 31.9 Å². The van der Waals surface area contributed by atoms with Gasteiger partial charge in [-0.15, -0.1) is 0 Å². The van der Waals surface area contributed by atoms with Crippen LogP contribution in [0.3, 0.4) is 0 Å². The van der Waals surface area contributed by atoms with Crippen molar-refractivity contribution >= 4 is 29.4 Å². The van der Waals surface area contributed by atoms with Crippen LogP contribution in [0.25, 0.3) is 11.4 Å². The fraction of sp³-hybridized carbons (Fsp3) is 0. The predicted molar refractivity (Wildman–Crippen MR) is 58.2 cm³/mol. The van der Waals surface area contributed by atoms with E-state index in [0.29, 0.717) is 5.82 Å². The molecule has 1 aromatic heterocycles. The van der Waals surface area contributed by atoms with Crippen LogP contribution in [-0.2, 0) is 0 Å². The monoisotopic (exact) mass is 227 g/mol. The molecule has 0 radical (unpaired) electrons. The van der Waals surface area contributed by atoms with Crippen LogP contribution in [0.5, 0.6) is 0 Å². The Morgan fingerprint density at radius 1 is 1.14 bits per heavy atom. The SMILES string of the molecule is ClN(Cl)c1cnc(-c2ccccc2)[nH]1. The van der Waals surface area contributed by atoms with Crippen LogP contribution < -0.4 is 3.94 Å². The van der Waals surface area contributed by atoms with E-state index in [2.05, 4.69) is 9.97 Å². The molecule has 0 atom stereocenters. The number of hydrogen-bond acceptors (Lipinski definition) is 2. The van der Waals surface area contributed by atoms with Crippen molar-refractivity contribution in [1.82, 2.24) is 9.97 Å². The van der Waals surface area contributed by atoms with Gasteiger partial charge in [-0.2, -0.15) is 3.94 Å². The van der Waals surface area contributed by atoms with Gasteiger partial charge in [0.05, 0.1) is 6.20 Å². The summed E-state index contributed by atoms with van der Waals surface area (Å²) in [5.41, 5.74) is 0.994. The van der Waals surface area contributed by atoms with Gasteiger partial charge in [-0.05, 0) is 0 Å². The molecule has 72 valence electrons. The maximum Gasteiger partial charge on any atom is 0.157 e. The highest BCUT2D eigenvalue weighted by molar-refractivity contribution is 6.49. The van der Waals surface area contributed by atoms with Gasteiger partial charge in [0.25, 0.3) is 0 Å². The van der Waals surface area contributed by atoms with Crippen LogP contribution in [0.2, 0.25) is 0 Å². The van der Waals surface area contributed by atoms with E-state index in [-0.39, 0.29) is 0 Å². The standard InChI is InChI=1S/C9H7Cl2N3/c10-14(11)8-6-12-9(13-8)7-4-2-1-3-5-7/h1-6H,(H,12,13). The minimum Gasteiger partial charge on any atom is -0.323 e. The summed E-state index contributed by atoms with van der Waals surface area (Å²) in [7, 11) is 0. The molecule has 0 amide bonds. The van der Waals surface area contributed by atoms with Gasteiger partial charge in [0.15, 0.2) is 5.82 Å². The minimum atomic E-state index is 0.548. The van der Waals surface area contributed by atoms with Crippen molar-refractivity contribution in [3.63, 3.8) is 0 Å². The van der Waals surface area contributed by atoms with Crippen LogP contribution in [0.1, 0.15) is 0 Å². The summed E-state index contributed by atoms with van der Waals surface area (Å²) in [6, 6.07) is 9.74. The first kappa shape index (κ1) is 9.37. The zero-order valence-corrected chi connectivity index (χ0v) is 8.63. The third-order valence-corrected chi connectivity index (χ3v) is 2.16. The number of imidazole rings is 1. The molecule has 0 saturated heterocycles. The van der Waals surface area contributed by atoms with Gasteiger partial charge in [-0.3, -0.25) is 0 Å². The van der Waals surface area contributed by atoms with Crippen molar-refractivity contribution in [1.29, 1.82) is 0 Å². The lowest BCUT2D eigenvalue weighted by atomic mass is 10.2. The smallest absolute Gasteiger partial charge is 0.157 e. The Labute approximate surface area is 91.5 Å². The summed E-state index contributed by atoms with van der Waals surface area (Å²) >= 11 is 11.1. The third-order valence-electron chi connectivity index (χ3n) is 1.79. The number of anilines is 1. The van der Waals surface area contributed by atoms with Crippen LogP contribution in [-0.4, -0.2) is 9.97 Å². The molecule has 2 aromatic rings. The molecular formula is C9H7Cl2N3. The molecule has 2 rings (SSSR count). The number of halogens is 2. The van der Waals surface area contributed by atoms with Crippen molar-refractivity contribution in [3.8, 4) is 11.4 Å². The van der Waals surface area contributed by atoms with Gasteiger partial charge in [0.1, 0.15) is 5.82 Å². The Morgan fingerprint density at radius 2 is 1.86 bits per heavy atom. The van der Waals surface area contributed by atoms with Gasteiger partial charge in [-0.1, -0.05) is 30.3 Å². The summed E-state index contributed by atoms with van der Waals surface area (Å²) in [5, 5.41) is 0. The molecule has 0 unspecified atom stereocenters. The van der Waals surface area contributed by atoms with Crippen molar-refractivity contribution in [2.75, 3.05) is 3.94 Å². The molecule has 0 spiro atoms.